The molecule has 1 atom stereocenters. The van der Waals surface area contributed by atoms with Gasteiger partial charge in [0, 0.05) is 18.2 Å². The third-order valence-corrected chi connectivity index (χ3v) is 2.73. The SMILES string of the molecule is C=C(CNC(C)c1ccc(C#N)cc1)C(=O)OCC. The van der Waals surface area contributed by atoms with E-state index in [0.29, 0.717) is 24.3 Å². The van der Waals surface area contributed by atoms with Gasteiger partial charge < -0.3 is 10.1 Å². The Kier molecular flexibility index (Phi) is 5.77. The number of hydrogen-bond donors (Lipinski definition) is 1. The summed E-state index contributed by atoms with van der Waals surface area (Å²) in [6.07, 6.45) is 0. The van der Waals surface area contributed by atoms with Crippen molar-refractivity contribution >= 4 is 5.97 Å². The van der Waals surface area contributed by atoms with Crippen molar-refractivity contribution < 1.29 is 9.53 Å². The smallest absolute Gasteiger partial charge is 0.334 e. The van der Waals surface area contributed by atoms with Gasteiger partial charge in [0.05, 0.1) is 18.2 Å². The largest absolute Gasteiger partial charge is 0.463 e. The van der Waals surface area contributed by atoms with Crippen LogP contribution >= 0.6 is 0 Å². The number of nitriles is 1. The van der Waals surface area contributed by atoms with Crippen LogP contribution < -0.4 is 5.32 Å². The molecule has 4 heteroatoms. The lowest BCUT2D eigenvalue weighted by molar-refractivity contribution is -0.138. The summed E-state index contributed by atoms with van der Waals surface area (Å²) in [6.45, 7) is 8.16. The van der Waals surface area contributed by atoms with E-state index in [1.807, 2.05) is 19.1 Å². The molecule has 0 aliphatic carbocycles. The molecule has 19 heavy (non-hydrogen) atoms. The van der Waals surface area contributed by atoms with Crippen molar-refractivity contribution in [2.75, 3.05) is 13.2 Å². The molecule has 0 saturated heterocycles. The average Bonchev–Trinajstić information content (AvgIpc) is 2.44. The van der Waals surface area contributed by atoms with Crippen molar-refractivity contribution in [3.05, 3.63) is 47.5 Å². The van der Waals surface area contributed by atoms with Crippen LogP contribution in [0.2, 0.25) is 0 Å². The van der Waals surface area contributed by atoms with Crippen molar-refractivity contribution in [3.8, 4) is 6.07 Å². The first kappa shape index (κ1) is 14.9. The van der Waals surface area contributed by atoms with Crippen molar-refractivity contribution in [1.29, 1.82) is 5.26 Å². The maximum atomic E-state index is 11.4. The normalized spacial score (nSPS) is 11.4. The molecule has 0 spiro atoms. The van der Waals surface area contributed by atoms with Gasteiger partial charge >= 0.3 is 5.97 Å². The van der Waals surface area contributed by atoms with Crippen LogP contribution in [-0.4, -0.2) is 19.1 Å². The lowest BCUT2D eigenvalue weighted by Crippen LogP contribution is -2.24. The first-order valence-corrected chi connectivity index (χ1v) is 6.16. The zero-order valence-corrected chi connectivity index (χ0v) is 11.3. The first-order valence-electron chi connectivity index (χ1n) is 6.16. The van der Waals surface area contributed by atoms with Gasteiger partial charge in [0.1, 0.15) is 0 Å². The zero-order chi connectivity index (χ0) is 14.3. The molecule has 0 radical (unpaired) electrons. The molecule has 1 aromatic carbocycles. The molecule has 1 rings (SSSR count). The maximum absolute atomic E-state index is 11.4. The van der Waals surface area contributed by atoms with Crippen LogP contribution in [0.25, 0.3) is 0 Å². The number of benzene rings is 1. The molecule has 4 nitrogen and oxygen atoms in total. The Morgan fingerprint density at radius 1 is 1.47 bits per heavy atom. The summed E-state index contributed by atoms with van der Waals surface area (Å²) in [7, 11) is 0. The van der Waals surface area contributed by atoms with Crippen molar-refractivity contribution in [1.82, 2.24) is 5.32 Å². The second-order valence-corrected chi connectivity index (χ2v) is 4.16. The third kappa shape index (κ3) is 4.57. The minimum absolute atomic E-state index is 0.0684. The molecule has 0 amide bonds. The van der Waals surface area contributed by atoms with Gasteiger partial charge in [-0.25, -0.2) is 4.79 Å². The summed E-state index contributed by atoms with van der Waals surface area (Å²) in [6, 6.07) is 9.47. The maximum Gasteiger partial charge on any atom is 0.334 e. The average molecular weight is 258 g/mol. The van der Waals surface area contributed by atoms with Crippen LogP contribution in [0.1, 0.15) is 31.0 Å². The molecule has 0 bridgehead atoms. The summed E-state index contributed by atoms with van der Waals surface area (Å²) in [5.41, 5.74) is 2.09. The van der Waals surface area contributed by atoms with Crippen LogP contribution in [0.5, 0.6) is 0 Å². The van der Waals surface area contributed by atoms with Crippen molar-refractivity contribution in [2.45, 2.75) is 19.9 Å². The van der Waals surface area contributed by atoms with Gasteiger partial charge in [0.15, 0.2) is 0 Å². The van der Waals surface area contributed by atoms with Crippen molar-refractivity contribution in [3.63, 3.8) is 0 Å². The van der Waals surface area contributed by atoms with Crippen molar-refractivity contribution in [2.24, 2.45) is 0 Å². The summed E-state index contributed by atoms with van der Waals surface area (Å²) >= 11 is 0. The molecular weight excluding hydrogens is 240 g/mol. The van der Waals surface area contributed by atoms with E-state index < -0.39 is 0 Å². The van der Waals surface area contributed by atoms with Crippen LogP contribution in [0.4, 0.5) is 0 Å². The van der Waals surface area contributed by atoms with Gasteiger partial charge in [0.25, 0.3) is 0 Å². The van der Waals surface area contributed by atoms with Crippen LogP contribution in [0.3, 0.4) is 0 Å². The molecule has 0 aliphatic heterocycles. The number of ether oxygens (including phenoxy) is 1. The minimum Gasteiger partial charge on any atom is -0.463 e. The number of nitrogens with one attached hydrogen (secondary N) is 1. The van der Waals surface area contributed by atoms with E-state index >= 15 is 0 Å². The Morgan fingerprint density at radius 2 is 2.11 bits per heavy atom. The first-order chi connectivity index (χ1) is 9.08. The highest BCUT2D eigenvalue weighted by Gasteiger charge is 2.10. The second kappa shape index (κ2) is 7.34. The Labute approximate surface area is 113 Å². The predicted molar refractivity (Wildman–Crippen MR) is 73.3 cm³/mol. The van der Waals surface area contributed by atoms with E-state index in [1.165, 1.54) is 0 Å². The summed E-state index contributed by atoms with van der Waals surface area (Å²) in [5, 5.41) is 11.9. The highest BCUT2D eigenvalue weighted by atomic mass is 16.5. The molecule has 1 aromatic rings. The molecule has 0 aromatic heterocycles. The Morgan fingerprint density at radius 3 is 2.63 bits per heavy atom. The predicted octanol–water partition coefficient (Wildman–Crippen LogP) is 2.33. The molecule has 100 valence electrons. The number of carbonyl (C=O) groups is 1. The molecule has 1 unspecified atom stereocenters. The Hall–Kier alpha value is -2.12. The number of esters is 1. The van der Waals surface area contributed by atoms with E-state index in [1.54, 1.807) is 19.1 Å². The molecule has 1 N–H and O–H groups in total. The zero-order valence-electron chi connectivity index (χ0n) is 11.3. The molecule has 0 fully saturated rings. The Balaban J connectivity index is 2.51. The fourth-order valence-electron chi connectivity index (χ4n) is 1.55. The van der Waals surface area contributed by atoms with E-state index in [-0.39, 0.29) is 12.0 Å². The van der Waals surface area contributed by atoms with Gasteiger partial charge in [-0.15, -0.1) is 0 Å². The summed E-state index contributed by atoms with van der Waals surface area (Å²) in [5.74, 6) is -0.373. The van der Waals surface area contributed by atoms with Gasteiger partial charge in [-0.2, -0.15) is 5.26 Å². The van der Waals surface area contributed by atoms with E-state index in [4.69, 9.17) is 10.00 Å². The number of nitrogens with zero attached hydrogens (tertiary/aromatic N) is 1. The third-order valence-electron chi connectivity index (χ3n) is 2.73. The van der Waals surface area contributed by atoms with Gasteiger partial charge in [0.2, 0.25) is 0 Å². The van der Waals surface area contributed by atoms with Crippen LogP contribution in [0, 0.1) is 11.3 Å². The highest BCUT2D eigenvalue weighted by molar-refractivity contribution is 5.88. The fraction of sp³-hybridized carbons (Fsp3) is 0.333. The van der Waals surface area contributed by atoms with Gasteiger partial charge in [-0.05, 0) is 31.5 Å². The minimum atomic E-state index is -0.373. The molecule has 0 heterocycles. The topological polar surface area (TPSA) is 62.1 Å². The highest BCUT2D eigenvalue weighted by Crippen LogP contribution is 2.13. The molecule has 0 aliphatic rings. The number of rotatable bonds is 6. The number of hydrogen-bond acceptors (Lipinski definition) is 4. The number of carbonyl (C=O) groups excluding carboxylic acids is 1. The Bertz CT molecular complexity index is 486. The second-order valence-electron chi connectivity index (χ2n) is 4.16. The lowest BCUT2D eigenvalue weighted by Gasteiger charge is -2.15. The van der Waals surface area contributed by atoms with E-state index in [9.17, 15) is 4.79 Å². The monoisotopic (exact) mass is 258 g/mol. The van der Waals surface area contributed by atoms with Gasteiger partial charge in [-0.1, -0.05) is 18.7 Å². The van der Waals surface area contributed by atoms with Crippen LogP contribution in [-0.2, 0) is 9.53 Å². The standard InChI is InChI=1S/C15H18N2O2/c1-4-19-15(18)11(2)10-17-12(3)14-7-5-13(9-16)6-8-14/h5-8,12,17H,2,4,10H2,1,3H3. The van der Waals surface area contributed by atoms with Gasteiger partial charge in [-0.3, -0.25) is 0 Å². The summed E-state index contributed by atoms with van der Waals surface area (Å²) < 4.78 is 4.86. The molecular formula is C15H18N2O2. The summed E-state index contributed by atoms with van der Waals surface area (Å²) in [4.78, 5) is 11.4. The van der Waals surface area contributed by atoms with Crippen LogP contribution in [0.15, 0.2) is 36.4 Å². The lowest BCUT2D eigenvalue weighted by atomic mass is 10.1. The molecule has 0 saturated carbocycles. The fourth-order valence-corrected chi connectivity index (χ4v) is 1.55. The quantitative estimate of drug-likeness (QED) is 0.628. The van der Waals surface area contributed by atoms with E-state index in [0.717, 1.165) is 5.56 Å². The van der Waals surface area contributed by atoms with E-state index in [2.05, 4.69) is 18.0 Å².